The first-order chi connectivity index (χ1) is 18.0. The third-order valence-electron chi connectivity index (χ3n) is 6.56. The van der Waals surface area contributed by atoms with Crippen molar-refractivity contribution in [2.75, 3.05) is 37.7 Å². The third kappa shape index (κ3) is 5.52. The van der Waals surface area contributed by atoms with E-state index in [4.69, 9.17) is 16.3 Å². The molecule has 0 spiro atoms. The Hall–Kier alpha value is -3.47. The molecule has 0 atom stereocenters. The van der Waals surface area contributed by atoms with E-state index in [1.807, 2.05) is 30.3 Å². The molecule has 1 aliphatic rings. The first kappa shape index (κ1) is 27.6. The lowest BCUT2D eigenvalue weighted by Gasteiger charge is -2.35. The van der Waals surface area contributed by atoms with Crippen LogP contribution in [0.25, 0.3) is 0 Å². The highest BCUT2D eigenvalue weighted by molar-refractivity contribution is 7.89. The molecule has 200 valence electrons. The molecule has 3 aromatic rings. The molecule has 4 rings (SSSR count). The fourth-order valence-corrected chi connectivity index (χ4v) is 6.28. The summed E-state index contributed by atoms with van der Waals surface area (Å²) in [6, 6.07) is 13.6. The number of piperazine rings is 1. The van der Waals surface area contributed by atoms with E-state index in [-0.39, 0.29) is 40.0 Å². The van der Waals surface area contributed by atoms with Gasteiger partial charge in [0.25, 0.3) is 0 Å². The summed E-state index contributed by atoms with van der Waals surface area (Å²) in [4.78, 5) is 42.2. The summed E-state index contributed by atoms with van der Waals surface area (Å²) in [5.74, 6) is -1.64. The number of nitrogens with one attached hydrogen (secondary N) is 1. The van der Waals surface area contributed by atoms with Crippen molar-refractivity contribution in [2.45, 2.75) is 25.7 Å². The van der Waals surface area contributed by atoms with Crippen molar-refractivity contribution < 1.29 is 27.5 Å². The molecule has 1 fully saturated rings. The summed E-state index contributed by atoms with van der Waals surface area (Å²) in [6.07, 6.45) is 0. The van der Waals surface area contributed by atoms with Crippen molar-refractivity contribution in [2.24, 2.45) is 0 Å². The van der Waals surface area contributed by atoms with E-state index in [1.165, 1.54) is 29.4 Å². The molecule has 1 saturated heterocycles. The van der Waals surface area contributed by atoms with Gasteiger partial charge in [-0.25, -0.2) is 13.2 Å². The van der Waals surface area contributed by atoms with Gasteiger partial charge in [-0.05, 0) is 56.7 Å². The van der Waals surface area contributed by atoms with Crippen LogP contribution in [0.3, 0.4) is 0 Å². The highest BCUT2D eigenvalue weighted by Crippen LogP contribution is 2.26. The number of halogens is 1. The molecule has 0 bridgehead atoms. The molecule has 0 amide bonds. The number of Topliss-reactive ketones (excluding diaryl/α,β-unsaturated/α-hetero) is 2. The number of benzene rings is 2. The van der Waals surface area contributed by atoms with Gasteiger partial charge in [0, 0.05) is 43.1 Å². The Morgan fingerprint density at radius 2 is 1.66 bits per heavy atom. The molecule has 0 saturated carbocycles. The van der Waals surface area contributed by atoms with E-state index < -0.39 is 28.4 Å². The number of carbonyl (C=O) groups is 3. The van der Waals surface area contributed by atoms with Gasteiger partial charge in [-0.15, -0.1) is 0 Å². The predicted octanol–water partition coefficient (Wildman–Crippen LogP) is 4.04. The number of carbonyl (C=O) groups excluding carboxylic acids is 3. The fraction of sp³-hybridized carbons (Fsp3) is 0.296. The number of hydrogen-bond acceptors (Lipinski definition) is 7. The Bertz CT molecular complexity index is 1490. The maximum atomic E-state index is 13.3. The zero-order chi connectivity index (χ0) is 27.6. The van der Waals surface area contributed by atoms with Gasteiger partial charge >= 0.3 is 5.97 Å². The van der Waals surface area contributed by atoms with Crippen LogP contribution in [-0.4, -0.2) is 68.0 Å². The summed E-state index contributed by atoms with van der Waals surface area (Å²) < 4.78 is 33.2. The minimum Gasteiger partial charge on any atom is -0.454 e. The molecule has 1 aliphatic heterocycles. The molecule has 11 heteroatoms. The third-order valence-corrected chi connectivity index (χ3v) is 8.78. The smallest absolute Gasteiger partial charge is 0.340 e. The Labute approximate surface area is 226 Å². The highest BCUT2D eigenvalue weighted by atomic mass is 35.5. The normalized spacial score (nSPS) is 14.4. The van der Waals surface area contributed by atoms with E-state index in [0.717, 1.165) is 5.69 Å². The Balaban J connectivity index is 1.45. The number of sulfonamides is 1. The summed E-state index contributed by atoms with van der Waals surface area (Å²) in [6.45, 7) is 5.74. The second-order valence-corrected chi connectivity index (χ2v) is 11.4. The molecule has 0 aliphatic carbocycles. The predicted molar refractivity (Wildman–Crippen MR) is 144 cm³/mol. The summed E-state index contributed by atoms with van der Waals surface area (Å²) in [5, 5.41) is 0.000982. The molecule has 0 radical (unpaired) electrons. The van der Waals surface area contributed by atoms with Crippen LogP contribution < -0.4 is 4.90 Å². The number of anilines is 1. The molecule has 2 aromatic carbocycles. The van der Waals surface area contributed by atoms with Crippen molar-refractivity contribution in [3.63, 3.8) is 0 Å². The van der Waals surface area contributed by atoms with Crippen molar-refractivity contribution in [1.82, 2.24) is 9.29 Å². The molecule has 38 heavy (non-hydrogen) atoms. The average molecular weight is 558 g/mol. The maximum Gasteiger partial charge on any atom is 0.340 e. The number of aryl methyl sites for hydroxylation is 1. The molecule has 1 N–H and O–H groups in total. The lowest BCUT2D eigenvalue weighted by atomic mass is 10.1. The van der Waals surface area contributed by atoms with Crippen molar-refractivity contribution in [1.29, 1.82) is 0 Å². The number of nitrogens with zero attached hydrogens (tertiary/aromatic N) is 2. The van der Waals surface area contributed by atoms with Crippen LogP contribution >= 0.6 is 11.6 Å². The number of H-pyrrole nitrogens is 1. The first-order valence-electron chi connectivity index (χ1n) is 12.0. The van der Waals surface area contributed by atoms with Crippen LogP contribution in [0, 0.1) is 13.8 Å². The van der Waals surface area contributed by atoms with Gasteiger partial charge in [0.05, 0.1) is 21.2 Å². The number of hydrogen-bond donors (Lipinski definition) is 1. The monoisotopic (exact) mass is 557 g/mol. The van der Waals surface area contributed by atoms with Crippen molar-refractivity contribution in [3.8, 4) is 0 Å². The van der Waals surface area contributed by atoms with Gasteiger partial charge in [0.15, 0.2) is 12.4 Å². The van der Waals surface area contributed by atoms with E-state index in [9.17, 15) is 22.8 Å². The molecule has 2 heterocycles. The molecule has 9 nitrogen and oxygen atoms in total. The molecule has 0 unspecified atom stereocenters. The maximum absolute atomic E-state index is 13.3. The van der Waals surface area contributed by atoms with Crippen LogP contribution in [0.15, 0.2) is 53.4 Å². The second kappa shape index (κ2) is 11.1. The Morgan fingerprint density at radius 3 is 2.26 bits per heavy atom. The first-order valence-corrected chi connectivity index (χ1v) is 13.8. The van der Waals surface area contributed by atoms with Crippen LogP contribution in [0.4, 0.5) is 5.69 Å². The van der Waals surface area contributed by atoms with Crippen molar-refractivity contribution in [3.05, 3.63) is 81.6 Å². The van der Waals surface area contributed by atoms with E-state index in [2.05, 4.69) is 9.88 Å². The van der Waals surface area contributed by atoms with Crippen LogP contribution in [0.5, 0.6) is 0 Å². The van der Waals surface area contributed by atoms with Gasteiger partial charge in [-0.3, -0.25) is 9.59 Å². The van der Waals surface area contributed by atoms with Crippen LogP contribution in [-0.2, 0) is 14.8 Å². The highest BCUT2D eigenvalue weighted by Gasteiger charge is 2.30. The van der Waals surface area contributed by atoms with Crippen molar-refractivity contribution >= 4 is 44.8 Å². The van der Waals surface area contributed by atoms with Gasteiger partial charge in [0.2, 0.25) is 15.8 Å². The fourth-order valence-electron chi connectivity index (χ4n) is 4.63. The Morgan fingerprint density at radius 1 is 1.00 bits per heavy atom. The number of aromatic amines is 1. The number of ether oxygens (including phenoxy) is 1. The molecule has 1 aromatic heterocycles. The van der Waals surface area contributed by atoms with Gasteiger partial charge in [0.1, 0.15) is 0 Å². The lowest BCUT2D eigenvalue weighted by Crippen LogP contribution is -2.48. The minimum atomic E-state index is -3.89. The number of rotatable bonds is 8. The number of para-hydroxylation sites is 1. The number of esters is 1. The zero-order valence-electron chi connectivity index (χ0n) is 21.3. The average Bonchev–Trinajstić information content (AvgIpc) is 3.21. The van der Waals surface area contributed by atoms with Gasteiger partial charge in [-0.2, -0.15) is 4.31 Å². The quantitative estimate of drug-likeness (QED) is 0.328. The minimum absolute atomic E-state index is 0.000982. The number of aromatic nitrogens is 1. The van der Waals surface area contributed by atoms with Crippen LogP contribution in [0.2, 0.25) is 5.02 Å². The molecular formula is C27H28ClN3O6S. The van der Waals surface area contributed by atoms with E-state index in [1.54, 1.807) is 13.8 Å². The lowest BCUT2D eigenvalue weighted by molar-refractivity contribution is 0.0473. The summed E-state index contributed by atoms with van der Waals surface area (Å²) in [5.41, 5.74) is 2.50. The topological polar surface area (TPSA) is 117 Å². The second-order valence-electron chi connectivity index (χ2n) is 9.05. The number of ketones is 2. The standard InChI is InChI=1S/C27H28ClN3O6S/c1-17-25(19(3)32)18(2)29-26(17)24(33)16-37-27(34)22-15-21(9-10-23(22)28)38(35,36)31-13-11-30(12-14-31)20-7-5-4-6-8-20/h4-10,15,29H,11-14,16H2,1-3H3. The SMILES string of the molecule is CC(=O)c1c(C)[nH]c(C(=O)COC(=O)c2cc(S(=O)(=O)N3CCN(c4ccccc4)CC3)ccc2Cl)c1C. The van der Waals surface area contributed by atoms with E-state index >= 15 is 0 Å². The van der Waals surface area contributed by atoms with Gasteiger partial charge < -0.3 is 14.6 Å². The summed E-state index contributed by atoms with van der Waals surface area (Å²) in [7, 11) is -3.89. The largest absolute Gasteiger partial charge is 0.454 e. The van der Waals surface area contributed by atoms with E-state index in [0.29, 0.717) is 29.9 Å². The Kier molecular flexibility index (Phi) is 8.05. The van der Waals surface area contributed by atoms with Gasteiger partial charge in [-0.1, -0.05) is 29.8 Å². The molecular weight excluding hydrogens is 530 g/mol. The summed E-state index contributed by atoms with van der Waals surface area (Å²) >= 11 is 6.19. The van der Waals surface area contributed by atoms with Crippen LogP contribution in [0.1, 0.15) is 49.4 Å². The zero-order valence-corrected chi connectivity index (χ0v) is 22.9.